The van der Waals surface area contributed by atoms with Gasteiger partial charge in [-0.25, -0.2) is 0 Å². The van der Waals surface area contributed by atoms with Crippen LogP contribution >= 0.6 is 11.3 Å². The Hall–Kier alpha value is -3.00. The Kier molecular flexibility index (Phi) is 7.09. The number of nitrogens with zero attached hydrogens (tertiary/aromatic N) is 3. The maximum atomic E-state index is 13.6. The molecule has 4 aromatic rings. The lowest BCUT2D eigenvalue weighted by molar-refractivity contribution is -0.123. The highest BCUT2D eigenvalue weighted by molar-refractivity contribution is 7.08. The van der Waals surface area contributed by atoms with Gasteiger partial charge in [0.15, 0.2) is 5.78 Å². The summed E-state index contributed by atoms with van der Waals surface area (Å²) < 4.78 is 0. The molecule has 2 N–H and O–H groups in total. The third-order valence-corrected chi connectivity index (χ3v) is 8.76. The maximum Gasteiger partial charge on any atom is 0.158 e. The summed E-state index contributed by atoms with van der Waals surface area (Å²) in [6, 6.07) is 16.8. The van der Waals surface area contributed by atoms with E-state index >= 15 is 0 Å². The first-order chi connectivity index (χ1) is 18.2. The summed E-state index contributed by atoms with van der Waals surface area (Å²) in [5.41, 5.74) is 6.34. The van der Waals surface area contributed by atoms with Crippen LogP contribution in [0.4, 0.5) is 5.69 Å². The Bertz CT molecular complexity index is 1330. The predicted molar refractivity (Wildman–Crippen MR) is 150 cm³/mol. The van der Waals surface area contributed by atoms with Crippen molar-refractivity contribution in [2.24, 2.45) is 5.92 Å². The fraction of sp³-hybridized carbons (Fsp3) is 0.400. The number of carbonyl (C=O) groups excluding carboxylic acids is 1. The number of fused-ring (bicyclic) bond motifs is 1. The average molecular weight is 515 g/mol. The Balaban J connectivity index is 1.21. The highest BCUT2D eigenvalue weighted by Crippen LogP contribution is 2.32. The minimum atomic E-state index is -0.150. The standard InChI is InChI=1S/C30H34N4O2S/c35-19-21-9-14-33(15-10-21)25-6-4-23(5-7-25)29-26-17-22(3-8-27(26)31-32-29)18-28(36)30(24-11-16-37-20-24)34-12-1-2-13-34/h3-8,11,16-17,20-21,30,35H,1-2,9-10,12-15,18-19H2,(H,31,32). The van der Waals surface area contributed by atoms with E-state index in [0.29, 0.717) is 18.9 Å². The van der Waals surface area contributed by atoms with Gasteiger partial charge in [0.2, 0.25) is 0 Å². The Labute approximate surface area is 221 Å². The molecule has 1 unspecified atom stereocenters. The molecule has 37 heavy (non-hydrogen) atoms. The number of hydrogen-bond donors (Lipinski definition) is 2. The third-order valence-electron chi connectivity index (χ3n) is 8.05. The van der Waals surface area contributed by atoms with Gasteiger partial charge in [0, 0.05) is 42.8 Å². The van der Waals surface area contributed by atoms with E-state index in [1.165, 1.54) is 5.69 Å². The smallest absolute Gasteiger partial charge is 0.158 e. The van der Waals surface area contributed by atoms with E-state index in [9.17, 15) is 9.90 Å². The van der Waals surface area contributed by atoms with E-state index in [1.54, 1.807) is 11.3 Å². The zero-order valence-corrected chi connectivity index (χ0v) is 21.9. The van der Waals surface area contributed by atoms with Crippen molar-refractivity contribution < 1.29 is 9.90 Å². The van der Waals surface area contributed by atoms with Crippen molar-refractivity contribution in [2.45, 2.75) is 38.1 Å². The summed E-state index contributed by atoms with van der Waals surface area (Å²) in [5.74, 6) is 0.696. The van der Waals surface area contributed by atoms with Crippen LogP contribution in [0.25, 0.3) is 22.2 Å². The maximum absolute atomic E-state index is 13.6. The average Bonchev–Trinajstić information content (AvgIpc) is 3.72. The second kappa shape index (κ2) is 10.8. The fourth-order valence-corrected chi connectivity index (χ4v) is 6.60. The van der Waals surface area contributed by atoms with Crippen LogP contribution in [-0.4, -0.2) is 58.8 Å². The molecule has 2 aliphatic rings. The first-order valence-electron chi connectivity index (χ1n) is 13.4. The van der Waals surface area contributed by atoms with Crippen LogP contribution in [0.3, 0.4) is 0 Å². The van der Waals surface area contributed by atoms with E-state index in [0.717, 1.165) is 85.1 Å². The lowest BCUT2D eigenvalue weighted by atomic mass is 9.96. The SMILES string of the molecule is O=C(Cc1ccc2[nH]nc(-c3ccc(N4CCC(CO)CC4)cc3)c2c1)C(c1ccsc1)N1CCCC1. The van der Waals surface area contributed by atoms with Crippen molar-refractivity contribution in [3.63, 3.8) is 0 Å². The number of aliphatic hydroxyl groups is 1. The van der Waals surface area contributed by atoms with E-state index in [4.69, 9.17) is 0 Å². The highest BCUT2D eigenvalue weighted by atomic mass is 32.1. The molecule has 192 valence electrons. The number of thiophene rings is 1. The van der Waals surface area contributed by atoms with Crippen LogP contribution in [0.15, 0.2) is 59.3 Å². The highest BCUT2D eigenvalue weighted by Gasteiger charge is 2.30. The third kappa shape index (κ3) is 5.08. The lowest BCUT2D eigenvalue weighted by Crippen LogP contribution is -2.34. The van der Waals surface area contributed by atoms with Gasteiger partial charge in [-0.1, -0.05) is 18.2 Å². The number of aromatic amines is 1. The number of aromatic nitrogens is 2. The minimum Gasteiger partial charge on any atom is -0.396 e. The summed E-state index contributed by atoms with van der Waals surface area (Å²) in [4.78, 5) is 18.3. The number of benzene rings is 2. The van der Waals surface area contributed by atoms with Crippen molar-refractivity contribution in [3.05, 3.63) is 70.4 Å². The van der Waals surface area contributed by atoms with Gasteiger partial charge in [-0.15, -0.1) is 0 Å². The number of H-pyrrole nitrogens is 1. The van der Waals surface area contributed by atoms with Gasteiger partial charge < -0.3 is 10.0 Å². The molecule has 0 bridgehead atoms. The van der Waals surface area contributed by atoms with E-state index in [2.05, 4.69) is 73.2 Å². The van der Waals surface area contributed by atoms with Crippen LogP contribution in [0, 0.1) is 5.92 Å². The number of nitrogens with one attached hydrogen (secondary N) is 1. The summed E-state index contributed by atoms with van der Waals surface area (Å²) in [5, 5.41) is 22.5. The Morgan fingerprint density at radius 1 is 1.05 bits per heavy atom. The van der Waals surface area contributed by atoms with Crippen molar-refractivity contribution in [3.8, 4) is 11.3 Å². The van der Waals surface area contributed by atoms with Gasteiger partial charge in [-0.2, -0.15) is 16.4 Å². The number of aliphatic hydroxyl groups excluding tert-OH is 1. The zero-order valence-electron chi connectivity index (χ0n) is 21.1. The molecule has 1 atom stereocenters. The lowest BCUT2D eigenvalue weighted by Gasteiger charge is -2.32. The molecule has 2 aromatic heterocycles. The number of rotatable bonds is 8. The van der Waals surface area contributed by atoms with E-state index < -0.39 is 0 Å². The van der Waals surface area contributed by atoms with Gasteiger partial charge in [0.05, 0.1) is 17.3 Å². The summed E-state index contributed by atoms with van der Waals surface area (Å²) >= 11 is 1.66. The summed E-state index contributed by atoms with van der Waals surface area (Å²) in [6.45, 7) is 4.24. The molecule has 0 spiro atoms. The van der Waals surface area contributed by atoms with Gasteiger partial charge >= 0.3 is 0 Å². The molecule has 0 saturated carbocycles. The number of anilines is 1. The molecular weight excluding hydrogens is 480 g/mol. The predicted octanol–water partition coefficient (Wildman–Crippen LogP) is 5.45. The summed E-state index contributed by atoms with van der Waals surface area (Å²) in [7, 11) is 0. The molecule has 7 heteroatoms. The van der Waals surface area contributed by atoms with Crippen LogP contribution in [0.2, 0.25) is 0 Å². The topological polar surface area (TPSA) is 72.5 Å². The zero-order chi connectivity index (χ0) is 25.2. The molecule has 6 rings (SSSR count). The largest absolute Gasteiger partial charge is 0.396 e. The van der Waals surface area contributed by atoms with Crippen molar-refractivity contribution in [1.82, 2.24) is 15.1 Å². The van der Waals surface area contributed by atoms with E-state index in [1.807, 2.05) is 6.07 Å². The summed E-state index contributed by atoms with van der Waals surface area (Å²) in [6.07, 6.45) is 4.82. The van der Waals surface area contributed by atoms with E-state index in [-0.39, 0.29) is 11.8 Å². The number of carbonyl (C=O) groups is 1. The Morgan fingerprint density at radius 3 is 2.54 bits per heavy atom. The normalized spacial score (nSPS) is 18.0. The first kappa shape index (κ1) is 24.3. The fourth-order valence-electron chi connectivity index (χ4n) is 5.92. The molecule has 2 aromatic carbocycles. The number of hydrogen-bond acceptors (Lipinski definition) is 6. The molecule has 2 aliphatic heterocycles. The van der Waals surface area contributed by atoms with Crippen molar-refractivity contribution in [2.75, 3.05) is 37.7 Å². The van der Waals surface area contributed by atoms with Crippen molar-refractivity contribution in [1.29, 1.82) is 0 Å². The van der Waals surface area contributed by atoms with Crippen molar-refractivity contribution >= 4 is 33.7 Å². The number of Topliss-reactive ketones (excluding diaryl/α,β-unsaturated/α-hetero) is 1. The second-order valence-electron chi connectivity index (χ2n) is 10.5. The van der Waals surface area contributed by atoms with Crippen LogP contribution < -0.4 is 4.90 Å². The van der Waals surface area contributed by atoms with Crippen LogP contribution in [0.1, 0.15) is 42.9 Å². The van der Waals surface area contributed by atoms with Gasteiger partial charge in [-0.3, -0.25) is 14.8 Å². The second-order valence-corrected chi connectivity index (χ2v) is 11.2. The van der Waals surface area contributed by atoms with Gasteiger partial charge in [0.1, 0.15) is 0 Å². The molecule has 4 heterocycles. The molecule has 0 radical (unpaired) electrons. The Morgan fingerprint density at radius 2 is 1.84 bits per heavy atom. The minimum absolute atomic E-state index is 0.150. The molecule has 2 saturated heterocycles. The molecular formula is C30H34N4O2S. The first-order valence-corrected chi connectivity index (χ1v) is 14.4. The van der Waals surface area contributed by atoms with Crippen LogP contribution in [0.5, 0.6) is 0 Å². The number of piperidine rings is 1. The van der Waals surface area contributed by atoms with Crippen LogP contribution in [-0.2, 0) is 11.2 Å². The molecule has 6 nitrogen and oxygen atoms in total. The van der Waals surface area contributed by atoms with Gasteiger partial charge in [0.25, 0.3) is 0 Å². The van der Waals surface area contributed by atoms with Gasteiger partial charge in [-0.05, 0) is 96.9 Å². The quantitative estimate of drug-likeness (QED) is 0.327. The number of ketones is 1. The molecule has 2 fully saturated rings. The monoisotopic (exact) mass is 514 g/mol. The number of likely N-dealkylation sites (tertiary alicyclic amines) is 1. The molecule has 0 amide bonds. The molecule has 0 aliphatic carbocycles.